The van der Waals surface area contributed by atoms with Crippen LogP contribution in [0.4, 0.5) is 0 Å². The Labute approximate surface area is 144 Å². The molecule has 0 amide bonds. The molecule has 0 saturated carbocycles. The van der Waals surface area contributed by atoms with Gasteiger partial charge in [-0.1, -0.05) is 0 Å². The fourth-order valence-corrected chi connectivity index (χ4v) is 2.07. The van der Waals surface area contributed by atoms with Crippen LogP contribution in [0.25, 0.3) is 0 Å². The van der Waals surface area contributed by atoms with E-state index in [9.17, 15) is 5.11 Å². The quantitative estimate of drug-likeness (QED) is 0.339. The lowest BCUT2D eigenvalue weighted by atomic mass is 10.1. The molecule has 1 aromatic carbocycles. The Kier molecular flexibility index (Phi) is 9.64. The minimum Gasteiger partial charge on any atom is -0.497 e. The van der Waals surface area contributed by atoms with Crippen molar-refractivity contribution in [3.05, 3.63) is 23.8 Å². The Hall–Kier alpha value is -1.99. The molecule has 0 aromatic heterocycles. The van der Waals surface area contributed by atoms with E-state index in [2.05, 4.69) is 15.6 Å². The number of methoxy groups -OCH3 is 3. The summed E-state index contributed by atoms with van der Waals surface area (Å²) in [5.74, 6) is 1.94. The van der Waals surface area contributed by atoms with E-state index in [-0.39, 0.29) is 6.54 Å². The molecule has 0 fully saturated rings. The summed E-state index contributed by atoms with van der Waals surface area (Å²) in [6.45, 7) is 4.42. The molecule has 1 unspecified atom stereocenters. The number of nitrogens with zero attached hydrogens (tertiary/aromatic N) is 1. The van der Waals surface area contributed by atoms with Gasteiger partial charge < -0.3 is 30.0 Å². The minimum absolute atomic E-state index is 0.232. The summed E-state index contributed by atoms with van der Waals surface area (Å²) in [5.41, 5.74) is 0.699. The molecule has 0 radical (unpaired) electrons. The molecule has 0 aliphatic rings. The van der Waals surface area contributed by atoms with Gasteiger partial charge in [0.1, 0.15) is 11.5 Å². The fraction of sp³-hybridized carbons (Fsp3) is 0.588. The van der Waals surface area contributed by atoms with Crippen LogP contribution >= 0.6 is 0 Å². The lowest BCUT2D eigenvalue weighted by molar-refractivity contribution is 0.186. The van der Waals surface area contributed by atoms with Gasteiger partial charge in [0.25, 0.3) is 0 Å². The van der Waals surface area contributed by atoms with E-state index in [1.54, 1.807) is 39.5 Å². The second-order valence-corrected chi connectivity index (χ2v) is 5.15. The number of guanidine groups is 1. The van der Waals surface area contributed by atoms with Crippen molar-refractivity contribution >= 4 is 5.96 Å². The first-order valence-corrected chi connectivity index (χ1v) is 8.06. The highest BCUT2D eigenvalue weighted by molar-refractivity contribution is 5.79. The molecule has 7 heteroatoms. The first-order valence-electron chi connectivity index (χ1n) is 8.06. The van der Waals surface area contributed by atoms with Crippen molar-refractivity contribution in [1.82, 2.24) is 10.6 Å². The first-order chi connectivity index (χ1) is 11.6. The Balaban J connectivity index is 2.70. The predicted octanol–water partition coefficient (Wildman–Crippen LogP) is 1.33. The summed E-state index contributed by atoms with van der Waals surface area (Å²) < 4.78 is 15.5. The number of aliphatic hydroxyl groups excluding tert-OH is 1. The number of hydrogen-bond donors (Lipinski definition) is 3. The summed E-state index contributed by atoms with van der Waals surface area (Å²) in [6, 6.07) is 5.32. The fourth-order valence-electron chi connectivity index (χ4n) is 2.07. The predicted molar refractivity (Wildman–Crippen MR) is 95.0 cm³/mol. The van der Waals surface area contributed by atoms with Gasteiger partial charge in [-0.05, 0) is 31.0 Å². The van der Waals surface area contributed by atoms with Crippen molar-refractivity contribution in [2.45, 2.75) is 19.4 Å². The normalized spacial score (nSPS) is 12.6. The van der Waals surface area contributed by atoms with Crippen LogP contribution in [0.3, 0.4) is 0 Å². The largest absolute Gasteiger partial charge is 0.497 e. The zero-order chi connectivity index (χ0) is 17.8. The number of aliphatic imine (C=N–C) groups is 1. The van der Waals surface area contributed by atoms with Crippen LogP contribution in [0.15, 0.2) is 23.2 Å². The van der Waals surface area contributed by atoms with E-state index in [1.807, 2.05) is 6.92 Å². The lowest BCUT2D eigenvalue weighted by Crippen LogP contribution is -2.38. The molecule has 1 atom stereocenters. The monoisotopic (exact) mass is 339 g/mol. The van der Waals surface area contributed by atoms with Crippen LogP contribution in [0.2, 0.25) is 0 Å². The van der Waals surface area contributed by atoms with Crippen molar-refractivity contribution in [2.24, 2.45) is 4.99 Å². The summed E-state index contributed by atoms with van der Waals surface area (Å²) >= 11 is 0. The molecule has 136 valence electrons. The average molecular weight is 339 g/mol. The summed E-state index contributed by atoms with van der Waals surface area (Å²) in [6.07, 6.45) is 0.139. The number of hydrogen-bond acceptors (Lipinski definition) is 5. The molecule has 0 heterocycles. The minimum atomic E-state index is -0.747. The number of rotatable bonds is 10. The van der Waals surface area contributed by atoms with E-state index in [0.29, 0.717) is 29.6 Å². The molecular weight excluding hydrogens is 310 g/mol. The molecule has 24 heavy (non-hydrogen) atoms. The van der Waals surface area contributed by atoms with Crippen LogP contribution in [0, 0.1) is 0 Å². The average Bonchev–Trinajstić information content (AvgIpc) is 2.62. The highest BCUT2D eigenvalue weighted by Crippen LogP contribution is 2.26. The van der Waals surface area contributed by atoms with Crippen molar-refractivity contribution in [2.75, 3.05) is 47.6 Å². The van der Waals surface area contributed by atoms with Gasteiger partial charge in [-0.25, -0.2) is 0 Å². The van der Waals surface area contributed by atoms with Gasteiger partial charge in [0, 0.05) is 32.9 Å². The molecule has 0 aliphatic carbocycles. The molecule has 3 N–H and O–H groups in total. The van der Waals surface area contributed by atoms with Gasteiger partial charge in [-0.2, -0.15) is 0 Å². The third-order valence-corrected chi connectivity index (χ3v) is 3.34. The number of benzene rings is 1. The van der Waals surface area contributed by atoms with Crippen LogP contribution in [-0.4, -0.2) is 58.6 Å². The van der Waals surface area contributed by atoms with Gasteiger partial charge in [0.15, 0.2) is 5.96 Å². The third kappa shape index (κ3) is 7.06. The summed E-state index contributed by atoms with van der Waals surface area (Å²) in [5, 5.41) is 16.7. The number of ether oxygens (including phenoxy) is 3. The topological polar surface area (TPSA) is 84.3 Å². The van der Waals surface area contributed by atoms with E-state index < -0.39 is 6.10 Å². The molecule has 0 spiro atoms. The van der Waals surface area contributed by atoms with Gasteiger partial charge in [0.05, 0.1) is 26.9 Å². The molecule has 0 aliphatic heterocycles. The van der Waals surface area contributed by atoms with Gasteiger partial charge in [-0.3, -0.25) is 4.99 Å². The third-order valence-electron chi connectivity index (χ3n) is 3.34. The van der Waals surface area contributed by atoms with Crippen LogP contribution in [-0.2, 0) is 4.74 Å². The molecule has 7 nitrogen and oxygen atoms in total. The van der Waals surface area contributed by atoms with Crippen molar-refractivity contribution < 1.29 is 19.3 Å². The van der Waals surface area contributed by atoms with Gasteiger partial charge in [0.2, 0.25) is 0 Å². The summed E-state index contributed by atoms with van der Waals surface area (Å²) in [4.78, 5) is 4.42. The maximum Gasteiger partial charge on any atom is 0.191 e. The Bertz CT molecular complexity index is 486. The van der Waals surface area contributed by atoms with Crippen LogP contribution < -0.4 is 20.1 Å². The van der Waals surface area contributed by atoms with Crippen molar-refractivity contribution in [3.63, 3.8) is 0 Å². The van der Waals surface area contributed by atoms with E-state index >= 15 is 0 Å². The smallest absolute Gasteiger partial charge is 0.191 e. The zero-order valence-corrected chi connectivity index (χ0v) is 15.0. The molecule has 0 saturated heterocycles. The maximum atomic E-state index is 10.4. The SMILES string of the molecule is CCNC(=NCC(O)c1cc(OC)cc(OC)c1)NCCCOC. The van der Waals surface area contributed by atoms with E-state index in [0.717, 1.165) is 19.5 Å². The lowest BCUT2D eigenvalue weighted by Gasteiger charge is -2.14. The van der Waals surface area contributed by atoms with Crippen LogP contribution in [0.5, 0.6) is 11.5 Å². The van der Waals surface area contributed by atoms with Crippen LogP contribution in [0.1, 0.15) is 25.0 Å². The van der Waals surface area contributed by atoms with Crippen molar-refractivity contribution in [1.29, 1.82) is 0 Å². The Morgan fingerprint density at radius 3 is 2.33 bits per heavy atom. The second kappa shape index (κ2) is 11.5. The summed E-state index contributed by atoms with van der Waals surface area (Å²) in [7, 11) is 4.84. The van der Waals surface area contributed by atoms with E-state index in [4.69, 9.17) is 14.2 Å². The second-order valence-electron chi connectivity index (χ2n) is 5.15. The van der Waals surface area contributed by atoms with Gasteiger partial charge >= 0.3 is 0 Å². The highest BCUT2D eigenvalue weighted by atomic mass is 16.5. The molecule has 1 aromatic rings. The Morgan fingerprint density at radius 1 is 1.12 bits per heavy atom. The molecular formula is C17H29N3O4. The highest BCUT2D eigenvalue weighted by Gasteiger charge is 2.11. The first kappa shape index (κ1) is 20.1. The van der Waals surface area contributed by atoms with Crippen molar-refractivity contribution in [3.8, 4) is 11.5 Å². The maximum absolute atomic E-state index is 10.4. The Morgan fingerprint density at radius 2 is 1.79 bits per heavy atom. The molecule has 1 rings (SSSR count). The number of aliphatic hydroxyl groups is 1. The molecule has 0 bridgehead atoms. The number of nitrogens with one attached hydrogen (secondary N) is 2. The zero-order valence-electron chi connectivity index (χ0n) is 15.0. The standard InChI is InChI=1S/C17H29N3O4/c1-5-18-17(19-7-6-8-22-2)20-12-16(21)13-9-14(23-3)11-15(10-13)24-4/h9-11,16,21H,5-8,12H2,1-4H3,(H2,18,19,20). The van der Waals surface area contributed by atoms with E-state index in [1.165, 1.54) is 0 Å². The van der Waals surface area contributed by atoms with Gasteiger partial charge in [-0.15, -0.1) is 0 Å².